The van der Waals surface area contributed by atoms with Crippen LogP contribution in [0.25, 0.3) is 0 Å². The summed E-state index contributed by atoms with van der Waals surface area (Å²) >= 11 is 3.49. The van der Waals surface area contributed by atoms with E-state index in [1.165, 1.54) is 4.90 Å². The summed E-state index contributed by atoms with van der Waals surface area (Å²) in [6.07, 6.45) is 1.54. The molecule has 0 fully saturated rings. The number of hydrogen-bond acceptors (Lipinski definition) is 4. The Bertz CT molecular complexity index is 1310. The van der Waals surface area contributed by atoms with Gasteiger partial charge in [0, 0.05) is 36.9 Å². The number of nitrogens with one attached hydrogen (secondary N) is 1. The average Bonchev–Trinajstić information content (AvgIpc) is 3.19. The molecule has 0 saturated carbocycles. The Kier molecular flexibility index (Phi) is 9.65. The van der Waals surface area contributed by atoms with Crippen molar-refractivity contribution in [2.75, 3.05) is 13.1 Å². The Morgan fingerprint density at radius 3 is 2.18 bits per heavy atom. The van der Waals surface area contributed by atoms with E-state index in [0.29, 0.717) is 30.5 Å². The second-order valence-corrected chi connectivity index (χ2v) is 10.5. The molecule has 8 heteroatoms. The van der Waals surface area contributed by atoms with Crippen LogP contribution in [0.3, 0.4) is 0 Å². The third kappa shape index (κ3) is 7.00. The van der Waals surface area contributed by atoms with Crippen LogP contribution in [-0.4, -0.2) is 52.6 Å². The molecule has 4 amide bonds. The molecule has 39 heavy (non-hydrogen) atoms. The fourth-order valence-electron chi connectivity index (χ4n) is 4.73. The molecule has 0 radical (unpaired) electrons. The Morgan fingerprint density at radius 1 is 0.897 bits per heavy atom. The topological polar surface area (TPSA) is 86.8 Å². The minimum Gasteiger partial charge on any atom is -0.354 e. The summed E-state index contributed by atoms with van der Waals surface area (Å²) in [4.78, 5) is 55.5. The van der Waals surface area contributed by atoms with Crippen molar-refractivity contribution in [3.63, 3.8) is 0 Å². The standard InChI is InChI=1S/C31H32BrN3O4/c1-2-17-33-29(37)27(20-22-10-4-3-5-11-22)35(21-23-12-8-13-24(32)19-23)28(36)16-9-18-34-30(38)25-14-6-7-15-26(25)31(34)39/h3-8,10-15,19,27H,2,9,16-18,20-21H2,1H3,(H,33,37)/t27-/m1/s1. The van der Waals surface area contributed by atoms with Crippen molar-refractivity contribution in [3.05, 3.63) is 106 Å². The number of fused-ring (bicyclic) bond motifs is 1. The number of hydrogen-bond donors (Lipinski definition) is 1. The summed E-state index contributed by atoms with van der Waals surface area (Å²) in [6, 6.07) is 23.3. The first-order chi connectivity index (χ1) is 18.9. The quantitative estimate of drug-likeness (QED) is 0.301. The number of amides is 4. The lowest BCUT2D eigenvalue weighted by atomic mass is 10.0. The largest absolute Gasteiger partial charge is 0.354 e. The summed E-state index contributed by atoms with van der Waals surface area (Å²) in [5.74, 6) is -1.09. The molecule has 1 heterocycles. The van der Waals surface area contributed by atoms with Crippen molar-refractivity contribution in [2.45, 2.75) is 45.2 Å². The van der Waals surface area contributed by atoms with Gasteiger partial charge in [-0.3, -0.25) is 24.1 Å². The Hall–Kier alpha value is -3.78. The van der Waals surface area contributed by atoms with Crippen LogP contribution >= 0.6 is 15.9 Å². The van der Waals surface area contributed by atoms with Crippen LogP contribution in [-0.2, 0) is 22.6 Å². The molecule has 1 atom stereocenters. The molecule has 1 aliphatic heterocycles. The summed E-state index contributed by atoms with van der Waals surface area (Å²) in [6.45, 7) is 2.88. The predicted octanol–water partition coefficient (Wildman–Crippen LogP) is 4.99. The van der Waals surface area contributed by atoms with E-state index in [1.807, 2.05) is 61.5 Å². The highest BCUT2D eigenvalue weighted by Crippen LogP contribution is 2.23. The van der Waals surface area contributed by atoms with Crippen molar-refractivity contribution >= 4 is 39.6 Å². The molecule has 1 N–H and O–H groups in total. The third-order valence-electron chi connectivity index (χ3n) is 6.71. The van der Waals surface area contributed by atoms with Gasteiger partial charge in [-0.25, -0.2) is 0 Å². The second-order valence-electron chi connectivity index (χ2n) is 9.56. The van der Waals surface area contributed by atoms with Crippen molar-refractivity contribution < 1.29 is 19.2 Å². The van der Waals surface area contributed by atoms with E-state index < -0.39 is 6.04 Å². The van der Waals surface area contributed by atoms with Gasteiger partial charge >= 0.3 is 0 Å². The third-order valence-corrected chi connectivity index (χ3v) is 7.21. The van der Waals surface area contributed by atoms with E-state index in [2.05, 4.69) is 21.2 Å². The molecule has 0 aromatic heterocycles. The van der Waals surface area contributed by atoms with Gasteiger partial charge in [-0.1, -0.05) is 77.5 Å². The van der Waals surface area contributed by atoms with Gasteiger partial charge < -0.3 is 10.2 Å². The minimum absolute atomic E-state index is 0.0910. The van der Waals surface area contributed by atoms with Crippen molar-refractivity contribution in [2.24, 2.45) is 0 Å². The number of imide groups is 1. The molecule has 0 unspecified atom stereocenters. The van der Waals surface area contributed by atoms with Crippen LogP contribution in [0.1, 0.15) is 58.0 Å². The zero-order chi connectivity index (χ0) is 27.8. The number of rotatable bonds is 12. The van der Waals surface area contributed by atoms with Crippen LogP contribution in [0.2, 0.25) is 0 Å². The summed E-state index contributed by atoms with van der Waals surface area (Å²) in [7, 11) is 0. The van der Waals surface area contributed by atoms with Gasteiger partial charge in [0.1, 0.15) is 6.04 Å². The van der Waals surface area contributed by atoms with Gasteiger partial charge in [0.25, 0.3) is 11.8 Å². The molecule has 3 aromatic rings. The highest BCUT2D eigenvalue weighted by atomic mass is 79.9. The fraction of sp³-hybridized carbons (Fsp3) is 0.290. The lowest BCUT2D eigenvalue weighted by Crippen LogP contribution is -2.50. The highest BCUT2D eigenvalue weighted by molar-refractivity contribution is 9.10. The lowest BCUT2D eigenvalue weighted by Gasteiger charge is -2.32. The molecule has 202 valence electrons. The lowest BCUT2D eigenvalue weighted by molar-refractivity contribution is -0.141. The fourth-order valence-corrected chi connectivity index (χ4v) is 5.17. The minimum atomic E-state index is -0.718. The molecule has 0 saturated heterocycles. The number of carbonyl (C=O) groups is 4. The van der Waals surface area contributed by atoms with Crippen LogP contribution in [0.15, 0.2) is 83.3 Å². The second kappa shape index (κ2) is 13.3. The zero-order valence-electron chi connectivity index (χ0n) is 21.9. The Labute approximate surface area is 237 Å². The van der Waals surface area contributed by atoms with E-state index in [9.17, 15) is 19.2 Å². The Balaban J connectivity index is 1.53. The molecule has 3 aromatic carbocycles. The monoisotopic (exact) mass is 589 g/mol. The van der Waals surface area contributed by atoms with Gasteiger partial charge in [0.2, 0.25) is 11.8 Å². The molecule has 0 spiro atoms. The van der Waals surface area contributed by atoms with Crippen molar-refractivity contribution in [1.29, 1.82) is 0 Å². The number of benzene rings is 3. The first kappa shape index (κ1) is 28.2. The van der Waals surface area contributed by atoms with Gasteiger partial charge in [-0.05, 0) is 48.2 Å². The maximum atomic E-state index is 13.7. The van der Waals surface area contributed by atoms with Gasteiger partial charge in [0.05, 0.1) is 11.1 Å². The summed E-state index contributed by atoms with van der Waals surface area (Å²) < 4.78 is 0.882. The average molecular weight is 591 g/mol. The summed E-state index contributed by atoms with van der Waals surface area (Å²) in [5.41, 5.74) is 2.62. The van der Waals surface area contributed by atoms with E-state index in [1.54, 1.807) is 29.2 Å². The SMILES string of the molecule is CCCNC(=O)[C@@H](Cc1ccccc1)N(Cc1cccc(Br)c1)C(=O)CCCN1C(=O)c2ccccc2C1=O. The molecular weight excluding hydrogens is 558 g/mol. The molecule has 0 aliphatic carbocycles. The van der Waals surface area contributed by atoms with Gasteiger partial charge in [-0.2, -0.15) is 0 Å². The molecular formula is C31H32BrN3O4. The smallest absolute Gasteiger partial charge is 0.261 e. The number of carbonyl (C=O) groups excluding carboxylic acids is 4. The summed E-state index contributed by atoms with van der Waals surface area (Å²) in [5, 5.41) is 2.97. The van der Waals surface area contributed by atoms with Crippen LogP contribution < -0.4 is 5.32 Å². The maximum Gasteiger partial charge on any atom is 0.261 e. The Morgan fingerprint density at radius 2 is 1.54 bits per heavy atom. The molecule has 4 rings (SSSR count). The van der Waals surface area contributed by atoms with Gasteiger partial charge in [-0.15, -0.1) is 0 Å². The van der Waals surface area contributed by atoms with Crippen LogP contribution in [0.4, 0.5) is 0 Å². The first-order valence-electron chi connectivity index (χ1n) is 13.2. The van der Waals surface area contributed by atoms with E-state index in [4.69, 9.17) is 0 Å². The van der Waals surface area contributed by atoms with Crippen molar-refractivity contribution in [1.82, 2.24) is 15.1 Å². The normalized spacial score (nSPS) is 13.2. The zero-order valence-corrected chi connectivity index (χ0v) is 23.5. The number of halogens is 1. The number of nitrogens with zero attached hydrogens (tertiary/aromatic N) is 2. The van der Waals surface area contributed by atoms with Gasteiger partial charge in [0.15, 0.2) is 0 Å². The molecule has 0 bridgehead atoms. The van der Waals surface area contributed by atoms with Crippen LogP contribution in [0.5, 0.6) is 0 Å². The molecule has 7 nitrogen and oxygen atoms in total. The molecule has 1 aliphatic rings. The predicted molar refractivity (Wildman–Crippen MR) is 153 cm³/mol. The van der Waals surface area contributed by atoms with E-state index >= 15 is 0 Å². The van der Waals surface area contributed by atoms with E-state index in [-0.39, 0.29) is 43.1 Å². The maximum absolute atomic E-state index is 13.7. The van der Waals surface area contributed by atoms with Crippen LogP contribution in [0, 0.1) is 0 Å². The highest BCUT2D eigenvalue weighted by Gasteiger charge is 2.35. The van der Waals surface area contributed by atoms with Crippen molar-refractivity contribution in [3.8, 4) is 0 Å². The van der Waals surface area contributed by atoms with E-state index in [0.717, 1.165) is 22.0 Å². The first-order valence-corrected chi connectivity index (χ1v) is 14.0.